The molecular weight excluding hydrogens is 398 g/mol. The molecule has 1 heterocycles. The molecule has 0 atom stereocenters. The number of carbonyl (C=O) groups excluding carboxylic acids is 1. The monoisotopic (exact) mass is 429 g/mol. The molecule has 0 radical (unpaired) electrons. The van der Waals surface area contributed by atoms with Crippen LogP contribution in [0.15, 0.2) is 36.4 Å². The normalized spacial score (nSPS) is 11.2. The van der Waals surface area contributed by atoms with Gasteiger partial charge in [0.1, 0.15) is 0 Å². The lowest BCUT2D eigenvalue weighted by molar-refractivity contribution is 0.0952. The first-order valence-electron chi connectivity index (χ1n) is 10.0. The maximum absolute atomic E-state index is 12.9. The van der Waals surface area contributed by atoms with Crippen molar-refractivity contribution in [2.24, 2.45) is 0 Å². The number of pyridine rings is 1. The van der Waals surface area contributed by atoms with Crippen molar-refractivity contribution in [3.05, 3.63) is 47.5 Å². The van der Waals surface area contributed by atoms with E-state index >= 15 is 0 Å². The first kappa shape index (κ1) is 23.9. The van der Waals surface area contributed by atoms with Crippen LogP contribution in [0.1, 0.15) is 15.9 Å². The average Bonchev–Trinajstić information content (AvgIpc) is 2.67. The fraction of sp³-hybridized carbons (Fsp3) is 0.391. The van der Waals surface area contributed by atoms with Crippen molar-refractivity contribution < 1.29 is 4.79 Å². The van der Waals surface area contributed by atoms with Crippen LogP contribution in [0.2, 0.25) is 0 Å². The summed E-state index contributed by atoms with van der Waals surface area (Å²) in [5.74, 6) is -0.0860. The van der Waals surface area contributed by atoms with Gasteiger partial charge in [-0.25, -0.2) is 4.98 Å². The smallest absolute Gasteiger partial charge is 0.253 e. The van der Waals surface area contributed by atoms with Crippen molar-refractivity contribution in [2.75, 3.05) is 59.7 Å². The van der Waals surface area contributed by atoms with E-state index in [-0.39, 0.29) is 18.3 Å². The van der Waals surface area contributed by atoms with E-state index in [2.05, 4.69) is 54.8 Å². The molecule has 3 rings (SSSR count). The Morgan fingerprint density at radius 1 is 0.900 bits per heavy atom. The summed E-state index contributed by atoms with van der Waals surface area (Å²) in [7, 11) is 8.11. The summed E-state index contributed by atoms with van der Waals surface area (Å²) in [6, 6.07) is 12.0. The Hall–Kier alpha value is -2.41. The maximum atomic E-state index is 12.9. The van der Waals surface area contributed by atoms with Gasteiger partial charge in [-0.05, 0) is 46.7 Å². The third-order valence-corrected chi connectivity index (χ3v) is 4.99. The zero-order valence-electron chi connectivity index (χ0n) is 18.5. The second-order valence-corrected chi connectivity index (χ2v) is 7.95. The van der Waals surface area contributed by atoms with E-state index in [1.54, 1.807) is 0 Å². The summed E-state index contributed by atoms with van der Waals surface area (Å²) in [6.45, 7) is 5.19. The number of nitrogens with zero attached hydrogens (tertiary/aromatic N) is 3. The Morgan fingerprint density at radius 3 is 2.17 bits per heavy atom. The zero-order chi connectivity index (χ0) is 21.0. The number of aromatic nitrogens is 1. The molecule has 3 aromatic rings. The fourth-order valence-electron chi connectivity index (χ4n) is 3.40. The second kappa shape index (κ2) is 10.6. The number of halogens is 1. The topological polar surface area (TPSA) is 60.5 Å². The molecule has 0 saturated heterocycles. The Labute approximate surface area is 185 Å². The van der Waals surface area contributed by atoms with Crippen molar-refractivity contribution in [1.82, 2.24) is 20.1 Å². The molecule has 2 N–H and O–H groups in total. The SMILES string of the molecule is Cc1cccc2c(NCCN(C)C)c3cccc(C(=O)NCCN(C)C)c3nc12.Cl. The van der Waals surface area contributed by atoms with Crippen LogP contribution in [-0.2, 0) is 0 Å². The highest BCUT2D eigenvalue weighted by Crippen LogP contribution is 2.33. The van der Waals surface area contributed by atoms with Gasteiger partial charge in [-0.15, -0.1) is 12.4 Å². The van der Waals surface area contributed by atoms with Gasteiger partial charge in [-0.3, -0.25) is 4.79 Å². The molecule has 2 aromatic carbocycles. The predicted molar refractivity (Wildman–Crippen MR) is 129 cm³/mol. The quantitative estimate of drug-likeness (QED) is 0.537. The number of carbonyl (C=O) groups is 1. The van der Waals surface area contributed by atoms with E-state index in [9.17, 15) is 4.79 Å². The Morgan fingerprint density at radius 2 is 1.50 bits per heavy atom. The largest absolute Gasteiger partial charge is 0.383 e. The molecule has 30 heavy (non-hydrogen) atoms. The summed E-state index contributed by atoms with van der Waals surface area (Å²) in [4.78, 5) is 22.0. The summed E-state index contributed by atoms with van der Waals surface area (Å²) in [5, 5.41) is 8.67. The Bertz CT molecular complexity index is 1020. The number of anilines is 1. The van der Waals surface area contributed by atoms with Crippen LogP contribution in [0.5, 0.6) is 0 Å². The highest BCUT2D eigenvalue weighted by Gasteiger charge is 2.16. The Balaban J connectivity index is 0.00000320. The number of hydrogen-bond acceptors (Lipinski definition) is 5. The van der Waals surface area contributed by atoms with Gasteiger partial charge < -0.3 is 20.4 Å². The van der Waals surface area contributed by atoms with E-state index in [0.717, 1.165) is 52.7 Å². The molecule has 0 aliphatic carbocycles. The van der Waals surface area contributed by atoms with E-state index in [1.165, 1.54) is 0 Å². The number of nitrogens with one attached hydrogen (secondary N) is 2. The average molecular weight is 430 g/mol. The number of aryl methyl sites for hydroxylation is 1. The van der Waals surface area contributed by atoms with Crippen LogP contribution in [0.4, 0.5) is 5.69 Å². The van der Waals surface area contributed by atoms with Gasteiger partial charge >= 0.3 is 0 Å². The zero-order valence-corrected chi connectivity index (χ0v) is 19.3. The number of fused-ring (bicyclic) bond motifs is 2. The molecule has 0 saturated carbocycles. The summed E-state index contributed by atoms with van der Waals surface area (Å²) >= 11 is 0. The number of para-hydroxylation sites is 2. The third-order valence-electron chi connectivity index (χ3n) is 4.99. The van der Waals surface area contributed by atoms with Crippen LogP contribution in [-0.4, -0.2) is 75.1 Å². The molecule has 0 spiro atoms. The van der Waals surface area contributed by atoms with Crippen molar-refractivity contribution >= 4 is 45.8 Å². The van der Waals surface area contributed by atoms with Crippen molar-refractivity contribution in [3.8, 4) is 0 Å². The number of hydrogen-bond donors (Lipinski definition) is 2. The van der Waals surface area contributed by atoms with Gasteiger partial charge in [0.15, 0.2) is 0 Å². The van der Waals surface area contributed by atoms with Crippen molar-refractivity contribution in [2.45, 2.75) is 6.92 Å². The lowest BCUT2D eigenvalue weighted by atomic mass is 10.0. The molecular formula is C23H32ClN5O. The molecule has 6 nitrogen and oxygen atoms in total. The van der Waals surface area contributed by atoms with Gasteiger partial charge in [-0.2, -0.15) is 0 Å². The summed E-state index contributed by atoms with van der Waals surface area (Å²) in [5.41, 5.74) is 4.42. The van der Waals surface area contributed by atoms with Crippen LogP contribution in [0.25, 0.3) is 21.8 Å². The third kappa shape index (κ3) is 5.39. The van der Waals surface area contributed by atoms with E-state index in [1.807, 2.05) is 37.2 Å². The minimum atomic E-state index is -0.0860. The molecule has 0 aliphatic rings. The lowest BCUT2D eigenvalue weighted by Gasteiger charge is -2.17. The number of amides is 1. The highest BCUT2D eigenvalue weighted by molar-refractivity contribution is 6.14. The van der Waals surface area contributed by atoms with Crippen LogP contribution in [0.3, 0.4) is 0 Å². The first-order chi connectivity index (χ1) is 13.9. The maximum Gasteiger partial charge on any atom is 0.253 e. The van der Waals surface area contributed by atoms with Gasteiger partial charge in [0.2, 0.25) is 0 Å². The number of likely N-dealkylation sites (N-methyl/N-ethyl adjacent to an activating group) is 2. The summed E-state index contributed by atoms with van der Waals surface area (Å²) in [6.07, 6.45) is 0. The van der Waals surface area contributed by atoms with Crippen LogP contribution in [0, 0.1) is 6.92 Å². The predicted octanol–water partition coefficient (Wildman–Crippen LogP) is 3.38. The van der Waals surface area contributed by atoms with E-state index in [0.29, 0.717) is 12.1 Å². The minimum absolute atomic E-state index is 0. The molecule has 1 aromatic heterocycles. The fourth-order valence-corrected chi connectivity index (χ4v) is 3.40. The highest BCUT2D eigenvalue weighted by atomic mass is 35.5. The lowest BCUT2D eigenvalue weighted by Crippen LogP contribution is -2.31. The Kier molecular flexibility index (Phi) is 8.41. The van der Waals surface area contributed by atoms with Gasteiger partial charge in [0.05, 0.1) is 22.3 Å². The molecule has 0 fully saturated rings. The molecule has 0 aliphatic heterocycles. The molecule has 0 unspecified atom stereocenters. The number of benzene rings is 2. The molecule has 0 bridgehead atoms. The van der Waals surface area contributed by atoms with Crippen molar-refractivity contribution in [1.29, 1.82) is 0 Å². The first-order valence-corrected chi connectivity index (χ1v) is 10.0. The minimum Gasteiger partial charge on any atom is -0.383 e. The second-order valence-electron chi connectivity index (χ2n) is 7.95. The van der Waals surface area contributed by atoms with Gasteiger partial charge in [0, 0.05) is 37.0 Å². The number of rotatable bonds is 8. The molecule has 162 valence electrons. The van der Waals surface area contributed by atoms with Crippen LogP contribution >= 0.6 is 12.4 Å². The summed E-state index contributed by atoms with van der Waals surface area (Å²) < 4.78 is 0. The van der Waals surface area contributed by atoms with Crippen molar-refractivity contribution in [3.63, 3.8) is 0 Å². The van der Waals surface area contributed by atoms with Gasteiger partial charge in [-0.1, -0.05) is 30.3 Å². The molecule has 7 heteroatoms. The standard InChI is InChI=1S/C23H31N5O.ClH/c1-16-8-6-9-17-20(16)26-22-18(21(17)24-12-14-27(2)3)10-7-11-19(22)23(29)25-13-15-28(4)5;/h6-11H,12-15H2,1-5H3,(H,24,26)(H,25,29);1H. The van der Waals surface area contributed by atoms with Gasteiger partial charge in [0.25, 0.3) is 5.91 Å². The molecule has 1 amide bonds. The van der Waals surface area contributed by atoms with E-state index in [4.69, 9.17) is 4.98 Å². The van der Waals surface area contributed by atoms with E-state index < -0.39 is 0 Å². The van der Waals surface area contributed by atoms with Crippen LogP contribution < -0.4 is 10.6 Å².